The van der Waals surface area contributed by atoms with Crippen LogP contribution in [0, 0.1) is 0 Å². The van der Waals surface area contributed by atoms with Gasteiger partial charge in [0.25, 0.3) is 0 Å². The van der Waals surface area contributed by atoms with Gasteiger partial charge in [-0.15, -0.1) is 0 Å². The summed E-state index contributed by atoms with van der Waals surface area (Å²) in [7, 11) is 0. The van der Waals surface area contributed by atoms with Crippen molar-refractivity contribution in [3.8, 4) is 73.2 Å². The summed E-state index contributed by atoms with van der Waals surface area (Å²) in [6, 6.07) is 72.3. The van der Waals surface area contributed by atoms with Crippen molar-refractivity contribution < 1.29 is 0 Å². The zero-order valence-electron chi connectivity index (χ0n) is 29.9. The summed E-state index contributed by atoms with van der Waals surface area (Å²) < 4.78 is 2.39. The van der Waals surface area contributed by atoms with Crippen molar-refractivity contribution in [1.82, 2.24) is 19.5 Å². The summed E-state index contributed by atoms with van der Waals surface area (Å²) >= 11 is 0. The molecule has 0 bridgehead atoms. The first-order chi connectivity index (χ1) is 27.3. The van der Waals surface area contributed by atoms with Crippen molar-refractivity contribution >= 4 is 21.8 Å². The molecule has 8 aromatic carbocycles. The zero-order valence-corrected chi connectivity index (χ0v) is 29.9. The molecule has 2 heterocycles. The minimum atomic E-state index is 0.616. The van der Waals surface area contributed by atoms with Gasteiger partial charge in [-0.3, -0.25) is 0 Å². The number of fused-ring (bicyclic) bond motifs is 3. The molecule has 0 atom stereocenters. The number of hydrogen-bond donors (Lipinski definition) is 0. The third-order valence-electron chi connectivity index (χ3n) is 10.3. The maximum absolute atomic E-state index is 5.16. The van der Waals surface area contributed by atoms with Crippen molar-refractivity contribution in [2.75, 3.05) is 0 Å². The molecule has 0 saturated carbocycles. The summed E-state index contributed by atoms with van der Waals surface area (Å²) in [6.07, 6.45) is 0. The molecule has 4 heteroatoms. The van der Waals surface area contributed by atoms with Crippen molar-refractivity contribution in [2.45, 2.75) is 0 Å². The van der Waals surface area contributed by atoms with Crippen LogP contribution >= 0.6 is 0 Å². The van der Waals surface area contributed by atoms with Crippen molar-refractivity contribution in [3.63, 3.8) is 0 Å². The maximum Gasteiger partial charge on any atom is 0.166 e. The van der Waals surface area contributed by atoms with Crippen molar-refractivity contribution in [2.24, 2.45) is 0 Å². The second-order valence-electron chi connectivity index (χ2n) is 13.6. The summed E-state index contributed by atoms with van der Waals surface area (Å²) in [5, 5.41) is 2.38. The predicted molar refractivity (Wildman–Crippen MR) is 227 cm³/mol. The average Bonchev–Trinajstić information content (AvgIpc) is 3.61. The molecule has 0 saturated heterocycles. The monoisotopic (exact) mass is 702 g/mol. The third kappa shape index (κ3) is 5.96. The Morgan fingerprint density at radius 3 is 1.36 bits per heavy atom. The van der Waals surface area contributed by atoms with Gasteiger partial charge in [-0.2, -0.15) is 0 Å². The molecule has 0 amide bonds. The number of hydrogen-bond acceptors (Lipinski definition) is 3. The molecule has 0 radical (unpaired) electrons. The van der Waals surface area contributed by atoms with E-state index in [0.717, 1.165) is 50.1 Å². The van der Waals surface area contributed by atoms with Crippen LogP contribution in [-0.2, 0) is 0 Å². The summed E-state index contributed by atoms with van der Waals surface area (Å²) in [4.78, 5) is 15.3. The van der Waals surface area contributed by atoms with Gasteiger partial charge in [-0.25, -0.2) is 15.0 Å². The van der Waals surface area contributed by atoms with Gasteiger partial charge in [0.1, 0.15) is 0 Å². The molecule has 0 aliphatic carbocycles. The maximum atomic E-state index is 5.16. The Morgan fingerprint density at radius 2 is 0.745 bits per heavy atom. The lowest BCUT2D eigenvalue weighted by atomic mass is 9.93. The molecule has 4 nitrogen and oxygen atoms in total. The molecule has 0 fully saturated rings. The van der Waals surface area contributed by atoms with E-state index < -0.39 is 0 Å². The second kappa shape index (κ2) is 13.8. The number of rotatable bonds is 7. The normalized spacial score (nSPS) is 11.3. The molecule has 0 aliphatic heterocycles. The smallest absolute Gasteiger partial charge is 0.166 e. The van der Waals surface area contributed by atoms with E-state index in [1.54, 1.807) is 0 Å². The van der Waals surface area contributed by atoms with Crippen LogP contribution in [0.1, 0.15) is 0 Å². The molecule has 10 rings (SSSR count). The minimum Gasteiger partial charge on any atom is -0.308 e. The summed E-state index contributed by atoms with van der Waals surface area (Å²) in [5.74, 6) is 1.88. The topological polar surface area (TPSA) is 43.6 Å². The lowest BCUT2D eigenvalue weighted by Crippen LogP contribution is -2.03. The SMILES string of the molecule is c1ccc(-c2ccc(-c3cc(-c4ccccc4)cc4c3c3ccccc3n4-c3ccccc3-c3nc(-c4ccccc4)nc(-c4ccccc4)n3)cc2)cc1. The number of aromatic nitrogens is 4. The first-order valence-electron chi connectivity index (χ1n) is 18.5. The third-order valence-corrected chi connectivity index (χ3v) is 10.3. The minimum absolute atomic E-state index is 0.616. The molecule has 0 N–H and O–H groups in total. The lowest BCUT2D eigenvalue weighted by molar-refractivity contribution is 1.06. The first kappa shape index (κ1) is 32.2. The van der Waals surface area contributed by atoms with E-state index in [2.05, 4.69) is 150 Å². The van der Waals surface area contributed by atoms with E-state index in [-0.39, 0.29) is 0 Å². The number of nitrogens with zero attached hydrogens (tertiary/aromatic N) is 4. The van der Waals surface area contributed by atoms with E-state index in [4.69, 9.17) is 15.0 Å². The molecular formula is C51H34N4. The quantitative estimate of drug-likeness (QED) is 0.166. The molecule has 55 heavy (non-hydrogen) atoms. The molecule has 0 unspecified atom stereocenters. The van der Waals surface area contributed by atoms with Gasteiger partial charge in [-0.05, 0) is 63.7 Å². The Bertz CT molecular complexity index is 2880. The predicted octanol–water partition coefficient (Wildman–Crippen LogP) is 13.0. The fraction of sp³-hybridized carbons (Fsp3) is 0. The van der Waals surface area contributed by atoms with Crippen molar-refractivity contribution in [1.29, 1.82) is 0 Å². The summed E-state index contributed by atoms with van der Waals surface area (Å²) in [5.41, 5.74) is 13.1. The Labute approximate surface area is 319 Å². The van der Waals surface area contributed by atoms with Gasteiger partial charge < -0.3 is 4.57 Å². The van der Waals surface area contributed by atoms with Crippen LogP contribution in [0.3, 0.4) is 0 Å². The van der Waals surface area contributed by atoms with Crippen LogP contribution < -0.4 is 0 Å². The van der Waals surface area contributed by atoms with Gasteiger partial charge >= 0.3 is 0 Å². The largest absolute Gasteiger partial charge is 0.308 e. The van der Waals surface area contributed by atoms with Gasteiger partial charge in [0.2, 0.25) is 0 Å². The van der Waals surface area contributed by atoms with Crippen LogP contribution in [0.4, 0.5) is 0 Å². The van der Waals surface area contributed by atoms with Crippen LogP contribution in [0.5, 0.6) is 0 Å². The summed E-state index contributed by atoms with van der Waals surface area (Å²) in [6.45, 7) is 0. The van der Waals surface area contributed by atoms with Crippen LogP contribution in [0.15, 0.2) is 206 Å². The fourth-order valence-corrected chi connectivity index (χ4v) is 7.64. The fourth-order valence-electron chi connectivity index (χ4n) is 7.64. The highest BCUT2D eigenvalue weighted by Gasteiger charge is 2.22. The Kier molecular flexibility index (Phi) is 8.12. The Morgan fingerprint density at radius 1 is 0.291 bits per heavy atom. The second-order valence-corrected chi connectivity index (χ2v) is 13.6. The molecule has 258 valence electrons. The average molecular weight is 703 g/mol. The van der Waals surface area contributed by atoms with Crippen molar-refractivity contribution in [3.05, 3.63) is 206 Å². The van der Waals surface area contributed by atoms with E-state index in [1.165, 1.54) is 27.5 Å². The number of para-hydroxylation sites is 2. The van der Waals surface area contributed by atoms with Gasteiger partial charge in [0.15, 0.2) is 17.5 Å². The highest BCUT2D eigenvalue weighted by atomic mass is 15.1. The van der Waals surface area contributed by atoms with Crippen LogP contribution in [-0.4, -0.2) is 19.5 Å². The van der Waals surface area contributed by atoms with E-state index in [1.807, 2.05) is 60.7 Å². The van der Waals surface area contributed by atoms with E-state index in [0.29, 0.717) is 17.5 Å². The van der Waals surface area contributed by atoms with Crippen LogP contribution in [0.2, 0.25) is 0 Å². The molecular weight excluding hydrogens is 669 g/mol. The highest BCUT2D eigenvalue weighted by molar-refractivity contribution is 6.17. The molecule has 0 spiro atoms. The first-order valence-corrected chi connectivity index (χ1v) is 18.5. The standard InChI is InChI=1S/C51H34N4/c1-5-17-35(18-6-1)37-29-31-38(32-30-37)44-33-41(36-19-7-2-8-20-36)34-47-48(44)42-25-13-15-27-45(42)55(47)46-28-16-14-26-43(46)51-53-49(39-21-9-3-10-22-39)52-50(54-51)40-23-11-4-12-24-40/h1-34H. The lowest BCUT2D eigenvalue weighted by Gasteiger charge is -2.16. The van der Waals surface area contributed by atoms with Gasteiger partial charge in [-0.1, -0.05) is 176 Å². The Hall–Kier alpha value is -7.43. The number of benzene rings is 8. The van der Waals surface area contributed by atoms with Gasteiger partial charge in [0.05, 0.1) is 16.7 Å². The van der Waals surface area contributed by atoms with Gasteiger partial charge in [0, 0.05) is 27.5 Å². The Balaban J connectivity index is 1.24. The van der Waals surface area contributed by atoms with E-state index >= 15 is 0 Å². The van der Waals surface area contributed by atoms with Crippen LogP contribution in [0.25, 0.3) is 95.0 Å². The molecule has 2 aromatic heterocycles. The molecule has 10 aromatic rings. The van der Waals surface area contributed by atoms with E-state index in [9.17, 15) is 0 Å². The zero-order chi connectivity index (χ0) is 36.6. The highest BCUT2D eigenvalue weighted by Crippen LogP contribution is 2.43. The molecule has 0 aliphatic rings.